The molecule has 4 aliphatic rings. The second-order valence-electron chi connectivity index (χ2n) is 30.8. The van der Waals surface area contributed by atoms with Crippen LogP contribution < -0.4 is 55.1 Å². The summed E-state index contributed by atoms with van der Waals surface area (Å²) < 4.78 is 103. The second-order valence-corrected chi connectivity index (χ2v) is 36.1. The number of carbonyl (C=O) groups is 3. The van der Waals surface area contributed by atoms with Crippen molar-refractivity contribution in [1.82, 2.24) is 53.7 Å². The molecule has 11 heterocycles. The van der Waals surface area contributed by atoms with E-state index in [9.17, 15) is 39.6 Å². The molecule has 1 spiro atoms. The van der Waals surface area contributed by atoms with Crippen LogP contribution in [0.25, 0.3) is 28.0 Å². The van der Waals surface area contributed by atoms with Gasteiger partial charge >= 0.3 is 0 Å². The number of pyridine rings is 6. The highest BCUT2D eigenvalue weighted by Gasteiger charge is 2.50. The van der Waals surface area contributed by atoms with Gasteiger partial charge in [-0.1, -0.05) is 40.7 Å². The maximum Gasteiger partial charge on any atom is 0.281 e. The van der Waals surface area contributed by atoms with Crippen molar-refractivity contribution in [3.8, 4) is 34.5 Å². The standard InChI is InChI=1S/C27H34N6O4S.C27H30N6O3S.C26H31N5O5S/c1-18(2)16-37-24-9-13-33(31-24)23-8-7-20(21(34)17-38(35,36)22-6-4-12-29-25(22)28)26(30-23)32-15-19(3)14-27(32)10-5-11-27;1-18-16-27(2,3)33(17-18)25-21(7-6-13-28-25)26(34)31-37(35,36)24-9-5-8-23(30-24)29-20-10-11-22-19(15-20)12-14-32(22)4;1-16-14-26(2,3)31(15-16)24-18(25(32)30-37(33,34)22-7-6-12-28-23(22)27)9-10-20(29-24)19-13-17(35-4)8-11-21(19)36-5/h4,6-9,12-13,18-19H,5,10-11,14-17H2,1-3H3,(H2,28,29);5-15,18H,16-17H2,1-4H3,(H,29,30)(H,31,34);6-13,16H,14-15H2,1-5H3,(H2,27,28)(H,30,32)/t;;16-/m..0/s1. The second kappa shape index (κ2) is 32.2. The number of rotatable bonds is 22. The van der Waals surface area contributed by atoms with Gasteiger partial charge in [0.25, 0.3) is 31.9 Å². The number of fused-ring (bicyclic) bond motifs is 1. The van der Waals surface area contributed by atoms with Crippen molar-refractivity contribution in [1.29, 1.82) is 0 Å². The molecular formula is C80H95N17O12S3. The Balaban J connectivity index is 0.000000156. The number of aromatic nitrogens is 9. The number of ether oxygens (including phenoxy) is 3. The Labute approximate surface area is 653 Å². The highest BCUT2D eigenvalue weighted by molar-refractivity contribution is 7.92. The average Bonchev–Trinajstić information content (AvgIpc) is 1.57. The molecule has 3 saturated heterocycles. The number of nitrogen functional groups attached to an aromatic ring is 2. The molecule has 2 aromatic carbocycles. The first-order valence-electron chi connectivity index (χ1n) is 36.9. The maximum atomic E-state index is 13.6. The van der Waals surface area contributed by atoms with Gasteiger partial charge in [-0.15, -0.1) is 5.10 Å². The SMILES string of the molecule is CC(C)COc1ccn(-c2ccc(C(=O)CS(=O)(=O)c3cccnc3N)c(N3CC(C)CC34CCC4)n2)n1.CC1CN(c2ncccc2C(=O)NS(=O)(=O)c2cccc(Nc3ccc4c(ccn4C)c3)n2)C(C)(C)C1.COc1ccc(OC)c(-c2ccc(C(=O)NS(=O)(=O)c3cccnc3N)c(N3C[C@@H](C)CC3(C)C)n2)c1. The van der Waals surface area contributed by atoms with Crippen LogP contribution in [0.3, 0.4) is 0 Å². The van der Waals surface area contributed by atoms with Gasteiger partial charge in [-0.2, -0.15) is 8.42 Å². The number of hydrogen-bond donors (Lipinski definition) is 5. The van der Waals surface area contributed by atoms with Gasteiger partial charge in [0.05, 0.1) is 43.2 Å². The van der Waals surface area contributed by atoms with E-state index in [1.165, 1.54) is 42.7 Å². The number of hydrogen-bond acceptors (Lipinski definition) is 25. The lowest BCUT2D eigenvalue weighted by Gasteiger charge is -2.47. The number of sulfone groups is 1. The molecule has 112 heavy (non-hydrogen) atoms. The summed E-state index contributed by atoms with van der Waals surface area (Å²) in [6, 6.07) is 35.0. The first-order valence-corrected chi connectivity index (χ1v) is 41.5. The van der Waals surface area contributed by atoms with Gasteiger partial charge in [-0.05, 0) is 205 Å². The van der Waals surface area contributed by atoms with Crippen LogP contribution in [0.1, 0.15) is 132 Å². The van der Waals surface area contributed by atoms with Crippen LogP contribution in [0, 0.1) is 23.7 Å². The molecule has 2 amide bonds. The number of aryl methyl sites for hydroxylation is 1. The predicted octanol–water partition coefficient (Wildman–Crippen LogP) is 11.6. The van der Waals surface area contributed by atoms with E-state index >= 15 is 0 Å². The summed E-state index contributed by atoms with van der Waals surface area (Å²) >= 11 is 0. The number of carbonyl (C=O) groups excluding carboxylic acids is 3. The quantitative estimate of drug-likeness (QED) is 0.0393. The van der Waals surface area contributed by atoms with Gasteiger partial charge in [0.1, 0.15) is 62.0 Å². The van der Waals surface area contributed by atoms with E-state index in [1.54, 1.807) is 104 Å². The van der Waals surface area contributed by atoms with E-state index in [0.29, 0.717) is 94.5 Å². The van der Waals surface area contributed by atoms with Crippen molar-refractivity contribution in [3.63, 3.8) is 0 Å². The average molecular weight is 1580 g/mol. The Morgan fingerprint density at radius 3 is 1.86 bits per heavy atom. The molecule has 590 valence electrons. The first-order chi connectivity index (χ1) is 53.1. The third-order valence-electron chi connectivity index (χ3n) is 20.5. The van der Waals surface area contributed by atoms with E-state index in [4.69, 9.17) is 35.6 Å². The minimum absolute atomic E-state index is 0.0532. The Morgan fingerprint density at radius 2 is 1.22 bits per heavy atom. The van der Waals surface area contributed by atoms with Crippen LogP contribution in [-0.4, -0.2) is 150 Å². The highest BCUT2D eigenvalue weighted by atomic mass is 32.2. The smallest absolute Gasteiger partial charge is 0.281 e. The zero-order valence-electron chi connectivity index (χ0n) is 64.7. The van der Waals surface area contributed by atoms with E-state index in [0.717, 1.165) is 68.2 Å². The first kappa shape index (κ1) is 80.3. The summed E-state index contributed by atoms with van der Waals surface area (Å²) in [7, 11) is -7.40. The molecular weight excluding hydrogens is 1490 g/mol. The monoisotopic (exact) mass is 1580 g/mol. The summed E-state index contributed by atoms with van der Waals surface area (Å²) in [6.07, 6.45) is 14.2. The molecule has 29 nitrogen and oxygen atoms in total. The largest absolute Gasteiger partial charge is 0.497 e. The van der Waals surface area contributed by atoms with Crippen LogP contribution in [0.5, 0.6) is 17.4 Å². The van der Waals surface area contributed by atoms with E-state index < -0.39 is 53.2 Å². The molecule has 14 rings (SSSR count). The number of nitrogens with two attached hydrogens (primary N) is 2. The zero-order chi connectivity index (χ0) is 80.4. The molecule has 2 unspecified atom stereocenters. The van der Waals surface area contributed by atoms with Crippen molar-refractivity contribution in [2.45, 2.75) is 132 Å². The third-order valence-corrected chi connectivity index (χ3v) is 24.8. The van der Waals surface area contributed by atoms with Crippen molar-refractivity contribution in [2.24, 2.45) is 30.7 Å². The predicted molar refractivity (Wildman–Crippen MR) is 430 cm³/mol. The molecule has 32 heteroatoms. The van der Waals surface area contributed by atoms with Gasteiger partial charge in [0.2, 0.25) is 5.88 Å². The zero-order valence-corrected chi connectivity index (χ0v) is 67.2. The van der Waals surface area contributed by atoms with E-state index in [2.05, 4.69) is 112 Å². The Kier molecular flexibility index (Phi) is 23.1. The topological polar surface area (TPSA) is 379 Å². The van der Waals surface area contributed by atoms with E-state index in [1.807, 2.05) is 47.0 Å². The summed E-state index contributed by atoms with van der Waals surface area (Å²) in [5.41, 5.74) is 14.7. The number of amides is 2. The van der Waals surface area contributed by atoms with Gasteiger partial charge in [-0.25, -0.2) is 60.9 Å². The number of methoxy groups -OCH3 is 2. The Morgan fingerprint density at radius 1 is 0.607 bits per heavy atom. The molecule has 3 atom stereocenters. The molecule has 1 aliphatic carbocycles. The molecule has 4 fully saturated rings. The summed E-state index contributed by atoms with van der Waals surface area (Å²) in [5, 5.41) is 8.44. The lowest BCUT2D eigenvalue weighted by Crippen LogP contribution is -2.50. The van der Waals surface area contributed by atoms with Crippen molar-refractivity contribution in [3.05, 3.63) is 175 Å². The van der Waals surface area contributed by atoms with Crippen LogP contribution in [0.15, 0.2) is 173 Å². The molecule has 10 aromatic rings. The fraction of sp³-hybridized carbons (Fsp3) is 0.375. The summed E-state index contributed by atoms with van der Waals surface area (Å²) in [4.78, 5) is 72.3. The summed E-state index contributed by atoms with van der Waals surface area (Å²) in [5.74, 6) is 2.39. The number of nitrogens with one attached hydrogen (secondary N) is 3. The van der Waals surface area contributed by atoms with Gasteiger partial charge in [0.15, 0.2) is 26.5 Å². The minimum atomic E-state index is -4.27. The fourth-order valence-corrected chi connectivity index (χ4v) is 18.7. The summed E-state index contributed by atoms with van der Waals surface area (Å²) in [6.45, 7) is 21.7. The maximum absolute atomic E-state index is 13.6. The number of Topliss-reactive ketones (excluding diaryl/α,β-unsaturated/α-hetero) is 1. The molecule has 8 aromatic heterocycles. The van der Waals surface area contributed by atoms with E-state index in [-0.39, 0.29) is 59.8 Å². The minimum Gasteiger partial charge on any atom is -0.497 e. The van der Waals surface area contributed by atoms with Crippen molar-refractivity contribution < 1.29 is 53.8 Å². The number of nitrogens with zero attached hydrogens (tertiary/aromatic N) is 12. The Hall–Kier alpha value is -11.3. The van der Waals surface area contributed by atoms with Gasteiger partial charge < -0.3 is 50.3 Å². The highest BCUT2D eigenvalue weighted by Crippen LogP contribution is 2.50. The molecule has 3 aliphatic heterocycles. The molecule has 7 N–H and O–H groups in total. The molecule has 0 radical (unpaired) electrons. The van der Waals surface area contributed by atoms with Crippen molar-refractivity contribution in [2.75, 3.05) is 77.7 Å². The van der Waals surface area contributed by atoms with Crippen molar-refractivity contribution >= 4 is 99.0 Å². The Bertz CT molecular complexity index is 5560. The van der Waals surface area contributed by atoms with Crippen LogP contribution in [0.2, 0.25) is 0 Å². The fourth-order valence-electron chi connectivity index (χ4n) is 15.4. The lowest BCUT2D eigenvalue weighted by atomic mass is 9.73. The van der Waals surface area contributed by atoms with Gasteiger partial charge in [0, 0.05) is 103 Å². The number of sulfonamides is 2. The van der Waals surface area contributed by atoms with Crippen LogP contribution >= 0.6 is 0 Å². The number of ketones is 1. The third kappa shape index (κ3) is 17.4. The van der Waals surface area contributed by atoms with Crippen LogP contribution in [-0.2, 0) is 36.9 Å². The number of benzene rings is 2. The normalized spacial score (nSPS) is 17.6. The van der Waals surface area contributed by atoms with Crippen LogP contribution in [0.4, 0.5) is 40.6 Å². The molecule has 1 saturated carbocycles. The number of anilines is 7. The van der Waals surface area contributed by atoms with Gasteiger partial charge in [-0.3, -0.25) is 14.4 Å². The molecule has 0 bridgehead atoms. The lowest BCUT2D eigenvalue weighted by molar-refractivity contribution is 0.0972.